The lowest BCUT2D eigenvalue weighted by molar-refractivity contribution is -0.138. The first-order valence-electron chi connectivity index (χ1n) is 8.52. The molecule has 1 aromatic carbocycles. The molecule has 1 fully saturated rings. The highest BCUT2D eigenvalue weighted by Gasteiger charge is 2.27. The summed E-state index contributed by atoms with van der Waals surface area (Å²) >= 11 is 0. The first-order chi connectivity index (χ1) is 12.5. The largest absolute Gasteiger partial charge is 0.478 e. The maximum absolute atomic E-state index is 13.7. The number of hydrogen-bond acceptors (Lipinski definition) is 4. The lowest BCUT2D eigenvalue weighted by atomic mass is 10.2. The average Bonchev–Trinajstić information content (AvgIpc) is 2.64. The van der Waals surface area contributed by atoms with Gasteiger partial charge in [-0.05, 0) is 37.6 Å². The van der Waals surface area contributed by atoms with Gasteiger partial charge in [-0.2, -0.15) is 0 Å². The zero-order valence-corrected chi connectivity index (χ0v) is 14.8. The van der Waals surface area contributed by atoms with Gasteiger partial charge in [-0.25, -0.2) is 8.78 Å². The molecule has 1 aliphatic heterocycles. The van der Waals surface area contributed by atoms with Crippen molar-refractivity contribution in [1.29, 1.82) is 0 Å². The summed E-state index contributed by atoms with van der Waals surface area (Å²) in [6.45, 7) is 6.10. The van der Waals surface area contributed by atoms with Gasteiger partial charge in [0.05, 0.1) is 0 Å². The van der Waals surface area contributed by atoms with Crippen LogP contribution in [0.25, 0.3) is 0 Å². The molecular weight excluding hydrogens is 340 g/mol. The van der Waals surface area contributed by atoms with Crippen molar-refractivity contribution in [2.45, 2.75) is 20.0 Å². The van der Waals surface area contributed by atoms with Crippen LogP contribution in [0.2, 0.25) is 0 Å². The average molecular weight is 361 g/mol. The van der Waals surface area contributed by atoms with Crippen LogP contribution in [0.5, 0.6) is 5.75 Å². The minimum atomic E-state index is -0.843. The summed E-state index contributed by atoms with van der Waals surface area (Å²) in [6.07, 6.45) is 2.73. The monoisotopic (exact) mass is 361 g/mol. The number of aromatic nitrogens is 1. The third kappa shape index (κ3) is 3.92. The normalized spacial score (nSPS) is 15.7. The second-order valence-electron chi connectivity index (χ2n) is 6.31. The number of ether oxygens (including phenoxy) is 1. The standard InChI is InChI=1S/C19H21F2N3O2/c1-13-12-22-6-5-17(13)23-7-9-24(10-8-23)19(25)14(2)26-18-4-3-15(20)11-16(18)21/h3-6,11-12,14H,7-10H2,1-2H3/t14-/m1/s1. The Balaban J connectivity index is 1.58. The van der Waals surface area contributed by atoms with Crippen molar-refractivity contribution in [3.8, 4) is 5.75 Å². The molecule has 138 valence electrons. The highest BCUT2D eigenvalue weighted by molar-refractivity contribution is 5.81. The Labute approximate surface area is 151 Å². The molecule has 1 amide bonds. The number of halogens is 2. The Morgan fingerprint density at radius 2 is 1.92 bits per heavy atom. The molecule has 0 spiro atoms. The number of rotatable bonds is 4. The minimum Gasteiger partial charge on any atom is -0.478 e. The molecule has 1 aliphatic rings. The smallest absolute Gasteiger partial charge is 0.263 e. The number of pyridine rings is 1. The maximum Gasteiger partial charge on any atom is 0.263 e. The van der Waals surface area contributed by atoms with E-state index in [0.29, 0.717) is 26.2 Å². The predicted molar refractivity (Wildman–Crippen MR) is 94.2 cm³/mol. The Kier molecular flexibility index (Phi) is 5.35. The van der Waals surface area contributed by atoms with Crippen LogP contribution in [-0.2, 0) is 4.79 Å². The van der Waals surface area contributed by atoms with Crippen molar-refractivity contribution >= 4 is 11.6 Å². The summed E-state index contributed by atoms with van der Waals surface area (Å²) in [4.78, 5) is 20.6. The van der Waals surface area contributed by atoms with Crippen molar-refractivity contribution in [3.63, 3.8) is 0 Å². The summed E-state index contributed by atoms with van der Waals surface area (Å²) < 4.78 is 32.0. The molecule has 7 heteroatoms. The number of piperazine rings is 1. The molecule has 1 saturated heterocycles. The van der Waals surface area contributed by atoms with E-state index in [1.54, 1.807) is 18.0 Å². The zero-order chi connectivity index (χ0) is 18.7. The molecule has 2 heterocycles. The van der Waals surface area contributed by atoms with E-state index in [2.05, 4.69) is 9.88 Å². The zero-order valence-electron chi connectivity index (χ0n) is 14.8. The van der Waals surface area contributed by atoms with Gasteiger partial charge in [-0.1, -0.05) is 0 Å². The summed E-state index contributed by atoms with van der Waals surface area (Å²) in [5.41, 5.74) is 2.21. The number of benzene rings is 1. The highest BCUT2D eigenvalue weighted by Crippen LogP contribution is 2.22. The van der Waals surface area contributed by atoms with Gasteiger partial charge < -0.3 is 14.5 Å². The molecule has 0 unspecified atom stereocenters. The Bertz CT molecular complexity index is 792. The molecule has 1 atom stereocenters. The summed E-state index contributed by atoms with van der Waals surface area (Å²) in [7, 11) is 0. The second-order valence-corrected chi connectivity index (χ2v) is 6.31. The fourth-order valence-corrected chi connectivity index (χ4v) is 3.06. The van der Waals surface area contributed by atoms with Crippen LogP contribution in [0.15, 0.2) is 36.7 Å². The van der Waals surface area contributed by atoms with Gasteiger partial charge in [-0.3, -0.25) is 9.78 Å². The Hall–Kier alpha value is -2.70. The van der Waals surface area contributed by atoms with Crippen LogP contribution in [0.3, 0.4) is 0 Å². The number of carbonyl (C=O) groups is 1. The van der Waals surface area contributed by atoms with Gasteiger partial charge in [0.1, 0.15) is 5.82 Å². The van der Waals surface area contributed by atoms with E-state index in [1.807, 2.05) is 19.2 Å². The number of hydrogen-bond donors (Lipinski definition) is 0. The molecule has 0 radical (unpaired) electrons. The second kappa shape index (κ2) is 7.68. The van der Waals surface area contributed by atoms with Gasteiger partial charge in [0.15, 0.2) is 17.7 Å². The third-order valence-corrected chi connectivity index (χ3v) is 4.47. The SMILES string of the molecule is Cc1cnccc1N1CCN(C(=O)[C@@H](C)Oc2ccc(F)cc2F)CC1. The van der Waals surface area contributed by atoms with E-state index < -0.39 is 17.7 Å². The van der Waals surface area contributed by atoms with Crippen molar-refractivity contribution in [2.75, 3.05) is 31.1 Å². The summed E-state index contributed by atoms with van der Waals surface area (Å²) in [5.74, 6) is -1.84. The van der Waals surface area contributed by atoms with E-state index >= 15 is 0 Å². The molecule has 1 aromatic heterocycles. The molecule has 0 N–H and O–H groups in total. The first-order valence-corrected chi connectivity index (χ1v) is 8.52. The minimum absolute atomic E-state index is 0.127. The van der Waals surface area contributed by atoms with Crippen molar-refractivity contribution in [2.24, 2.45) is 0 Å². The van der Waals surface area contributed by atoms with Gasteiger partial charge in [0.25, 0.3) is 5.91 Å². The van der Waals surface area contributed by atoms with Gasteiger partial charge in [0, 0.05) is 50.3 Å². The van der Waals surface area contributed by atoms with Crippen LogP contribution in [0.4, 0.5) is 14.5 Å². The van der Waals surface area contributed by atoms with E-state index in [-0.39, 0.29) is 11.7 Å². The lowest BCUT2D eigenvalue weighted by Crippen LogP contribution is -2.52. The quantitative estimate of drug-likeness (QED) is 0.840. The van der Waals surface area contributed by atoms with Crippen molar-refractivity contribution in [1.82, 2.24) is 9.88 Å². The predicted octanol–water partition coefficient (Wildman–Crippen LogP) is 2.78. The molecule has 5 nitrogen and oxygen atoms in total. The van der Waals surface area contributed by atoms with E-state index in [1.165, 1.54) is 6.07 Å². The number of aryl methyl sites for hydroxylation is 1. The summed E-state index contributed by atoms with van der Waals surface area (Å²) in [6, 6.07) is 5.00. The topological polar surface area (TPSA) is 45.7 Å². The first kappa shape index (κ1) is 18.1. The third-order valence-electron chi connectivity index (χ3n) is 4.47. The molecule has 0 bridgehead atoms. The number of nitrogens with zero attached hydrogens (tertiary/aromatic N) is 3. The molecule has 0 saturated carbocycles. The maximum atomic E-state index is 13.7. The van der Waals surface area contributed by atoms with Crippen LogP contribution >= 0.6 is 0 Å². The van der Waals surface area contributed by atoms with Crippen molar-refractivity contribution < 1.29 is 18.3 Å². The molecule has 3 rings (SSSR count). The van der Waals surface area contributed by atoms with Gasteiger partial charge in [-0.15, -0.1) is 0 Å². The fourth-order valence-electron chi connectivity index (χ4n) is 3.06. The fraction of sp³-hybridized carbons (Fsp3) is 0.368. The Morgan fingerprint density at radius 3 is 2.58 bits per heavy atom. The van der Waals surface area contributed by atoms with Gasteiger partial charge in [0.2, 0.25) is 0 Å². The summed E-state index contributed by atoms with van der Waals surface area (Å²) in [5, 5.41) is 0. The molecule has 0 aliphatic carbocycles. The molecular formula is C19H21F2N3O2. The van der Waals surface area contributed by atoms with E-state index in [4.69, 9.17) is 4.74 Å². The lowest BCUT2D eigenvalue weighted by Gasteiger charge is -2.37. The number of anilines is 1. The highest BCUT2D eigenvalue weighted by atomic mass is 19.1. The van der Waals surface area contributed by atoms with Crippen LogP contribution < -0.4 is 9.64 Å². The molecule has 2 aromatic rings. The number of carbonyl (C=O) groups excluding carboxylic acids is 1. The van der Waals surface area contributed by atoms with Crippen molar-refractivity contribution in [3.05, 3.63) is 53.9 Å². The number of amides is 1. The van der Waals surface area contributed by atoms with E-state index in [0.717, 1.165) is 23.4 Å². The van der Waals surface area contributed by atoms with Crippen LogP contribution in [0, 0.1) is 18.6 Å². The van der Waals surface area contributed by atoms with Crippen LogP contribution in [0.1, 0.15) is 12.5 Å². The van der Waals surface area contributed by atoms with E-state index in [9.17, 15) is 13.6 Å². The van der Waals surface area contributed by atoms with Gasteiger partial charge >= 0.3 is 0 Å². The molecule has 26 heavy (non-hydrogen) atoms. The van der Waals surface area contributed by atoms with Crippen LogP contribution in [-0.4, -0.2) is 48.1 Å². The Morgan fingerprint density at radius 1 is 1.19 bits per heavy atom.